The van der Waals surface area contributed by atoms with Gasteiger partial charge in [0.25, 0.3) is 0 Å². The maximum Gasteiger partial charge on any atom is 0.407 e. The van der Waals surface area contributed by atoms with Crippen molar-refractivity contribution in [2.45, 2.75) is 32.7 Å². The number of nitrogens with zero attached hydrogens (tertiary/aromatic N) is 1. The fourth-order valence-corrected chi connectivity index (χ4v) is 2.04. The molecule has 1 aromatic carbocycles. The van der Waals surface area contributed by atoms with Crippen LogP contribution in [0.1, 0.15) is 37.0 Å². The van der Waals surface area contributed by atoms with Crippen molar-refractivity contribution < 1.29 is 14.7 Å². The van der Waals surface area contributed by atoms with Crippen LogP contribution in [0.15, 0.2) is 28.7 Å². The van der Waals surface area contributed by atoms with Gasteiger partial charge in [0.2, 0.25) is 0 Å². The molecule has 0 spiro atoms. The largest absolute Gasteiger partial charge is 0.465 e. The number of amides is 1. The third kappa shape index (κ3) is 4.35. The number of carboxylic acid groups (broad SMARTS) is 1. The van der Waals surface area contributed by atoms with E-state index < -0.39 is 12.1 Å². The van der Waals surface area contributed by atoms with E-state index in [4.69, 9.17) is 0 Å². The quantitative estimate of drug-likeness (QED) is 0.808. The van der Waals surface area contributed by atoms with Gasteiger partial charge in [-0.1, -0.05) is 41.4 Å². The van der Waals surface area contributed by atoms with Crippen molar-refractivity contribution >= 4 is 27.8 Å². The lowest BCUT2D eigenvalue weighted by Gasteiger charge is -2.25. The number of hydrogen-bond donors (Lipinski definition) is 1. The fourth-order valence-electron chi connectivity index (χ4n) is 1.78. The Hall–Kier alpha value is -1.36. The van der Waals surface area contributed by atoms with Crippen molar-refractivity contribution in [1.29, 1.82) is 0 Å². The van der Waals surface area contributed by atoms with Crippen LogP contribution in [-0.4, -0.2) is 34.5 Å². The molecule has 1 N–H and O–H groups in total. The van der Waals surface area contributed by atoms with Gasteiger partial charge in [0.1, 0.15) is 0 Å². The highest BCUT2D eigenvalue weighted by Gasteiger charge is 2.25. The Morgan fingerprint density at radius 1 is 1.32 bits per heavy atom. The Morgan fingerprint density at radius 2 is 1.89 bits per heavy atom. The number of benzene rings is 1. The number of carbonyl (C=O) groups is 2. The van der Waals surface area contributed by atoms with E-state index in [9.17, 15) is 14.7 Å². The molecule has 0 heterocycles. The summed E-state index contributed by atoms with van der Waals surface area (Å²) in [6.07, 6.45) is 0.596. The molecule has 0 fully saturated rings. The molecule has 0 saturated heterocycles. The van der Waals surface area contributed by atoms with E-state index in [0.29, 0.717) is 12.1 Å². The van der Waals surface area contributed by atoms with E-state index in [-0.39, 0.29) is 5.78 Å². The zero-order valence-electron chi connectivity index (χ0n) is 11.1. The smallest absolute Gasteiger partial charge is 0.407 e. The second-order valence-corrected chi connectivity index (χ2v) is 5.29. The first-order valence-corrected chi connectivity index (χ1v) is 7.06. The molecule has 0 aliphatic carbocycles. The number of halogens is 1. The molecule has 1 atom stereocenters. The lowest BCUT2D eigenvalue weighted by molar-refractivity contribution is 0.0805. The first kappa shape index (κ1) is 15.7. The molecule has 0 aromatic heterocycles. The average Bonchev–Trinajstić information content (AvgIpc) is 2.38. The summed E-state index contributed by atoms with van der Waals surface area (Å²) in [6.45, 7) is 4.00. The molecule has 0 bridgehead atoms. The molecule has 5 heteroatoms. The molecule has 0 aliphatic heterocycles. The average molecular weight is 328 g/mol. The summed E-state index contributed by atoms with van der Waals surface area (Å²) >= 11 is 3.30. The van der Waals surface area contributed by atoms with Gasteiger partial charge < -0.3 is 5.11 Å². The Morgan fingerprint density at radius 3 is 2.37 bits per heavy atom. The highest BCUT2D eigenvalue weighted by Crippen LogP contribution is 2.14. The van der Waals surface area contributed by atoms with Gasteiger partial charge in [0.15, 0.2) is 5.78 Å². The summed E-state index contributed by atoms with van der Waals surface area (Å²) < 4.78 is 0.887. The first-order chi connectivity index (χ1) is 8.97. The number of hydrogen-bond acceptors (Lipinski definition) is 2. The summed E-state index contributed by atoms with van der Waals surface area (Å²) in [5.74, 6) is -0.175. The highest BCUT2D eigenvalue weighted by atomic mass is 79.9. The van der Waals surface area contributed by atoms with Gasteiger partial charge in [-0.3, -0.25) is 9.69 Å². The summed E-state index contributed by atoms with van der Waals surface area (Å²) in [5, 5.41) is 9.18. The topological polar surface area (TPSA) is 57.6 Å². The van der Waals surface area contributed by atoms with E-state index in [1.807, 2.05) is 6.92 Å². The van der Waals surface area contributed by atoms with Gasteiger partial charge in [-0.25, -0.2) is 4.79 Å². The minimum absolute atomic E-state index is 0.175. The maximum absolute atomic E-state index is 12.2. The monoisotopic (exact) mass is 327 g/mol. The molecular weight excluding hydrogens is 310 g/mol. The number of Topliss-reactive ketones (excluding diaryl/α,β-unsaturated/α-hetero) is 1. The minimum Gasteiger partial charge on any atom is -0.465 e. The normalized spacial score (nSPS) is 11.9. The maximum atomic E-state index is 12.2. The summed E-state index contributed by atoms with van der Waals surface area (Å²) in [5.41, 5.74) is 0.526. The number of unbranched alkanes of at least 4 members (excludes halogenated alkanes) is 1. The van der Waals surface area contributed by atoms with Crippen molar-refractivity contribution in [3.63, 3.8) is 0 Å². The number of rotatable bonds is 6. The number of ketones is 1. The van der Waals surface area contributed by atoms with Gasteiger partial charge in [0, 0.05) is 16.6 Å². The number of carbonyl (C=O) groups excluding carboxylic acids is 1. The van der Waals surface area contributed by atoms with Crippen LogP contribution < -0.4 is 0 Å². The Labute approximate surface area is 121 Å². The Kier molecular flexibility index (Phi) is 6.02. The second-order valence-electron chi connectivity index (χ2n) is 4.38. The Bertz CT molecular complexity index is 445. The van der Waals surface area contributed by atoms with Crippen LogP contribution in [0, 0.1) is 0 Å². The van der Waals surface area contributed by atoms with Gasteiger partial charge in [-0.05, 0) is 25.5 Å². The van der Waals surface area contributed by atoms with Crippen molar-refractivity contribution in [3.8, 4) is 0 Å². The van der Waals surface area contributed by atoms with Crippen LogP contribution in [0.2, 0.25) is 0 Å². The molecule has 4 nitrogen and oxygen atoms in total. The lowest BCUT2D eigenvalue weighted by atomic mass is 10.0. The van der Waals surface area contributed by atoms with Crippen LogP contribution in [0.5, 0.6) is 0 Å². The molecule has 1 unspecified atom stereocenters. The molecule has 19 heavy (non-hydrogen) atoms. The van der Waals surface area contributed by atoms with Crippen molar-refractivity contribution in [1.82, 2.24) is 4.90 Å². The van der Waals surface area contributed by atoms with Crippen LogP contribution in [-0.2, 0) is 0 Å². The van der Waals surface area contributed by atoms with Gasteiger partial charge >= 0.3 is 6.09 Å². The second kappa shape index (κ2) is 7.28. The van der Waals surface area contributed by atoms with E-state index in [2.05, 4.69) is 15.9 Å². The fraction of sp³-hybridized carbons (Fsp3) is 0.429. The van der Waals surface area contributed by atoms with Gasteiger partial charge in [-0.15, -0.1) is 0 Å². The van der Waals surface area contributed by atoms with Crippen LogP contribution in [0.3, 0.4) is 0 Å². The molecular formula is C14H18BrNO3. The first-order valence-electron chi connectivity index (χ1n) is 6.26. The van der Waals surface area contributed by atoms with E-state index in [1.165, 1.54) is 4.90 Å². The van der Waals surface area contributed by atoms with Gasteiger partial charge in [0.05, 0.1) is 6.04 Å². The third-order valence-corrected chi connectivity index (χ3v) is 3.50. The molecule has 0 radical (unpaired) electrons. The van der Waals surface area contributed by atoms with Gasteiger partial charge in [-0.2, -0.15) is 0 Å². The lowest BCUT2D eigenvalue weighted by Crippen LogP contribution is -2.43. The van der Waals surface area contributed by atoms with E-state index in [1.54, 1.807) is 31.2 Å². The third-order valence-electron chi connectivity index (χ3n) is 2.97. The zero-order chi connectivity index (χ0) is 14.4. The highest BCUT2D eigenvalue weighted by molar-refractivity contribution is 9.10. The molecule has 1 rings (SSSR count). The summed E-state index contributed by atoms with van der Waals surface area (Å²) in [4.78, 5) is 24.6. The molecule has 104 valence electrons. The molecule has 0 aliphatic rings. The van der Waals surface area contributed by atoms with Crippen molar-refractivity contribution in [2.24, 2.45) is 0 Å². The van der Waals surface area contributed by atoms with Crippen LogP contribution in [0.4, 0.5) is 4.79 Å². The van der Waals surface area contributed by atoms with Crippen LogP contribution >= 0.6 is 15.9 Å². The van der Waals surface area contributed by atoms with E-state index in [0.717, 1.165) is 17.3 Å². The molecule has 1 aromatic rings. The SMILES string of the molecule is CCCCN(C(=O)O)C(C)C(=O)c1ccc(Br)cc1. The molecule has 1 amide bonds. The predicted octanol–water partition coefficient (Wildman–Crippen LogP) is 3.80. The van der Waals surface area contributed by atoms with Crippen molar-refractivity contribution in [3.05, 3.63) is 34.3 Å². The summed E-state index contributed by atoms with van der Waals surface area (Å²) in [6, 6.07) is 6.28. The van der Waals surface area contributed by atoms with Crippen molar-refractivity contribution in [2.75, 3.05) is 6.54 Å². The Balaban J connectivity index is 2.83. The van der Waals surface area contributed by atoms with Crippen LogP contribution in [0.25, 0.3) is 0 Å². The zero-order valence-corrected chi connectivity index (χ0v) is 12.7. The predicted molar refractivity (Wildman–Crippen MR) is 77.6 cm³/mol. The van der Waals surface area contributed by atoms with E-state index >= 15 is 0 Å². The standard InChI is InChI=1S/C14H18BrNO3/c1-3-4-9-16(14(18)19)10(2)13(17)11-5-7-12(15)8-6-11/h5-8,10H,3-4,9H2,1-2H3,(H,18,19). The molecule has 0 saturated carbocycles. The minimum atomic E-state index is -1.05. The summed E-state index contributed by atoms with van der Waals surface area (Å²) in [7, 11) is 0.